The predicted molar refractivity (Wildman–Crippen MR) is 129 cm³/mol. The smallest absolute Gasteiger partial charge is 0.348 e. The number of benzene rings is 1. The zero-order valence-electron chi connectivity index (χ0n) is 20.2. The second-order valence-corrected chi connectivity index (χ2v) is 10.5. The van der Waals surface area contributed by atoms with E-state index in [-0.39, 0.29) is 34.2 Å². The summed E-state index contributed by atoms with van der Waals surface area (Å²) in [6, 6.07) is 7.90. The van der Waals surface area contributed by atoms with Crippen LogP contribution >= 0.6 is 0 Å². The summed E-state index contributed by atoms with van der Waals surface area (Å²) in [6.45, 7) is 5.43. The molecule has 2 heterocycles. The molecule has 1 amide bonds. The van der Waals surface area contributed by atoms with Crippen molar-refractivity contribution >= 4 is 15.7 Å². The molecule has 3 aromatic rings. The van der Waals surface area contributed by atoms with Crippen LogP contribution in [-0.2, 0) is 22.6 Å². The lowest BCUT2D eigenvalue weighted by Crippen LogP contribution is -2.31. The van der Waals surface area contributed by atoms with Gasteiger partial charge in [-0.25, -0.2) is 8.42 Å². The van der Waals surface area contributed by atoms with Gasteiger partial charge in [-0.2, -0.15) is 13.2 Å². The number of carbonyl (C=O) groups is 1. The van der Waals surface area contributed by atoms with Crippen LogP contribution in [-0.4, -0.2) is 30.1 Å². The van der Waals surface area contributed by atoms with Crippen molar-refractivity contribution in [2.24, 2.45) is 0 Å². The average Bonchev–Trinajstić information content (AvgIpc) is 2.81. The maximum Gasteiger partial charge on any atom is 0.433 e. The Morgan fingerprint density at radius 3 is 2.36 bits per heavy atom. The third-order valence-electron chi connectivity index (χ3n) is 5.94. The van der Waals surface area contributed by atoms with Gasteiger partial charge in [0.05, 0.1) is 4.90 Å². The van der Waals surface area contributed by atoms with Crippen molar-refractivity contribution in [3.63, 3.8) is 0 Å². The molecule has 0 aliphatic rings. The van der Waals surface area contributed by atoms with E-state index in [1.54, 1.807) is 23.6 Å². The van der Waals surface area contributed by atoms with Gasteiger partial charge in [-0.3, -0.25) is 14.6 Å². The first kappa shape index (κ1) is 27.1. The first-order chi connectivity index (χ1) is 16.7. The Hall–Kier alpha value is -3.47. The van der Waals surface area contributed by atoms with Gasteiger partial charge in [0.1, 0.15) is 11.3 Å². The molecule has 1 aromatic carbocycles. The van der Waals surface area contributed by atoms with Gasteiger partial charge in [0.15, 0.2) is 9.84 Å². The highest BCUT2D eigenvalue weighted by molar-refractivity contribution is 7.90. The lowest BCUT2D eigenvalue weighted by atomic mass is 10.00. The van der Waals surface area contributed by atoms with Crippen LogP contribution in [0.15, 0.2) is 58.5 Å². The maximum absolute atomic E-state index is 13.4. The van der Waals surface area contributed by atoms with Gasteiger partial charge in [0, 0.05) is 42.5 Å². The number of sulfone groups is 1. The van der Waals surface area contributed by atoms with Crippen molar-refractivity contribution in [3.8, 4) is 11.1 Å². The highest BCUT2D eigenvalue weighted by Crippen LogP contribution is 2.31. The van der Waals surface area contributed by atoms with Crippen LogP contribution in [0, 0.1) is 6.92 Å². The number of hydrogen-bond acceptors (Lipinski definition) is 5. The molecule has 0 saturated carbocycles. The molecule has 0 spiro atoms. The number of amides is 1. The maximum atomic E-state index is 13.4. The molecule has 0 fully saturated rings. The highest BCUT2D eigenvalue weighted by Gasteiger charge is 2.33. The third-order valence-corrected chi connectivity index (χ3v) is 7.07. The van der Waals surface area contributed by atoms with E-state index in [2.05, 4.69) is 10.3 Å². The molecule has 1 unspecified atom stereocenters. The molecule has 7 nitrogen and oxygen atoms in total. The second-order valence-electron chi connectivity index (χ2n) is 8.52. The lowest BCUT2D eigenvalue weighted by molar-refractivity contribution is -0.141. The van der Waals surface area contributed by atoms with Gasteiger partial charge in [-0.15, -0.1) is 0 Å². The van der Waals surface area contributed by atoms with E-state index in [0.717, 1.165) is 18.5 Å². The van der Waals surface area contributed by atoms with Gasteiger partial charge in [-0.05, 0) is 55.7 Å². The van der Waals surface area contributed by atoms with Crippen molar-refractivity contribution in [3.05, 3.63) is 81.5 Å². The molecule has 192 valence electrons. The monoisotopic (exact) mass is 521 g/mol. The van der Waals surface area contributed by atoms with Crippen LogP contribution in [0.25, 0.3) is 11.1 Å². The third kappa shape index (κ3) is 5.84. The number of halogens is 3. The largest absolute Gasteiger partial charge is 0.433 e. The van der Waals surface area contributed by atoms with E-state index in [4.69, 9.17) is 0 Å². The van der Waals surface area contributed by atoms with Gasteiger partial charge in [0.25, 0.3) is 5.91 Å². The van der Waals surface area contributed by atoms with Gasteiger partial charge in [0.2, 0.25) is 5.43 Å². The molecular formula is C25H26F3N3O4S. The zero-order valence-corrected chi connectivity index (χ0v) is 21.0. The molecule has 0 aliphatic heterocycles. The second kappa shape index (κ2) is 10.3. The first-order valence-corrected chi connectivity index (χ1v) is 13.0. The molecular weight excluding hydrogens is 495 g/mol. The van der Waals surface area contributed by atoms with Crippen LogP contribution in [0.4, 0.5) is 13.2 Å². The molecule has 1 N–H and O–H groups in total. The molecule has 3 rings (SSSR count). The van der Waals surface area contributed by atoms with E-state index < -0.39 is 33.0 Å². The van der Waals surface area contributed by atoms with Crippen molar-refractivity contribution in [2.45, 2.75) is 50.9 Å². The SMILES string of the molecule is CCC(C)n1cc(C(=O)NCc2ccc(S(C)(=O)=O)cc2)c(=O)c(-c2ccnc(C(F)(F)F)c2)c1C. The summed E-state index contributed by atoms with van der Waals surface area (Å²) in [6.07, 6.45) is -0.551. The Morgan fingerprint density at radius 1 is 1.17 bits per heavy atom. The predicted octanol–water partition coefficient (Wildman–Crippen LogP) is 4.54. The topological polar surface area (TPSA) is 98.1 Å². The lowest BCUT2D eigenvalue weighted by Gasteiger charge is -2.22. The van der Waals surface area contributed by atoms with E-state index in [1.807, 2.05) is 13.8 Å². The molecule has 0 radical (unpaired) electrons. The fraction of sp³-hybridized carbons (Fsp3) is 0.320. The van der Waals surface area contributed by atoms with Gasteiger partial charge >= 0.3 is 6.18 Å². The summed E-state index contributed by atoms with van der Waals surface area (Å²) in [5.74, 6) is -0.699. The van der Waals surface area contributed by atoms with E-state index in [1.165, 1.54) is 24.4 Å². The molecule has 36 heavy (non-hydrogen) atoms. The van der Waals surface area contributed by atoms with Crippen molar-refractivity contribution in [1.82, 2.24) is 14.9 Å². The molecule has 0 saturated heterocycles. The number of aromatic nitrogens is 2. The van der Waals surface area contributed by atoms with E-state index >= 15 is 0 Å². The number of rotatable bonds is 7. The summed E-state index contributed by atoms with van der Waals surface area (Å²) >= 11 is 0. The minimum atomic E-state index is -4.69. The fourth-order valence-corrected chi connectivity index (χ4v) is 4.38. The molecule has 0 bridgehead atoms. The normalized spacial score (nSPS) is 12.9. The Labute approximate surface area is 206 Å². The van der Waals surface area contributed by atoms with E-state index in [0.29, 0.717) is 17.7 Å². The number of pyridine rings is 2. The fourth-order valence-electron chi connectivity index (χ4n) is 3.75. The molecule has 11 heteroatoms. The standard InChI is InChI=1S/C25H26F3N3O4S/c1-5-15(2)31-14-20(24(33)30-13-17-6-8-19(9-7-17)36(4,34)35)23(32)22(16(31)3)18-10-11-29-21(12-18)25(26,27)28/h6-12,14-15H,5,13H2,1-4H3,(H,30,33). The minimum absolute atomic E-state index is 0.00615. The molecule has 2 aromatic heterocycles. The van der Waals surface area contributed by atoms with Crippen molar-refractivity contribution < 1.29 is 26.4 Å². The Morgan fingerprint density at radius 2 is 1.81 bits per heavy atom. The Balaban J connectivity index is 2.03. The Kier molecular flexibility index (Phi) is 7.73. The highest BCUT2D eigenvalue weighted by atomic mass is 32.2. The first-order valence-electron chi connectivity index (χ1n) is 11.1. The average molecular weight is 522 g/mol. The van der Waals surface area contributed by atoms with E-state index in [9.17, 15) is 31.2 Å². The van der Waals surface area contributed by atoms with Crippen LogP contribution in [0.5, 0.6) is 0 Å². The summed E-state index contributed by atoms with van der Waals surface area (Å²) in [4.78, 5) is 29.9. The van der Waals surface area contributed by atoms with Crippen molar-refractivity contribution in [2.75, 3.05) is 6.26 Å². The van der Waals surface area contributed by atoms with Crippen LogP contribution in [0.1, 0.15) is 53.6 Å². The van der Waals surface area contributed by atoms with Crippen LogP contribution in [0.2, 0.25) is 0 Å². The summed E-state index contributed by atoms with van der Waals surface area (Å²) in [5.41, 5.74) is -1.00. The quantitative estimate of drug-likeness (QED) is 0.492. The summed E-state index contributed by atoms with van der Waals surface area (Å²) < 4.78 is 64.7. The minimum Gasteiger partial charge on any atom is -0.348 e. The van der Waals surface area contributed by atoms with Crippen LogP contribution in [0.3, 0.4) is 0 Å². The molecule has 0 aliphatic carbocycles. The van der Waals surface area contributed by atoms with Gasteiger partial charge in [-0.1, -0.05) is 19.1 Å². The Bertz CT molecular complexity index is 1450. The zero-order chi connectivity index (χ0) is 26.8. The number of hydrogen-bond donors (Lipinski definition) is 1. The number of nitrogens with one attached hydrogen (secondary N) is 1. The number of nitrogens with zero attached hydrogens (tertiary/aromatic N) is 2. The summed E-state index contributed by atoms with van der Waals surface area (Å²) in [7, 11) is -3.37. The van der Waals surface area contributed by atoms with Crippen molar-refractivity contribution in [1.29, 1.82) is 0 Å². The summed E-state index contributed by atoms with van der Waals surface area (Å²) in [5, 5.41) is 2.64. The number of alkyl halides is 3. The van der Waals surface area contributed by atoms with Crippen LogP contribution < -0.4 is 10.7 Å². The molecule has 1 atom stereocenters. The number of carbonyl (C=O) groups excluding carboxylic acids is 1. The van der Waals surface area contributed by atoms with Gasteiger partial charge < -0.3 is 9.88 Å².